The fraction of sp³-hybridized carbons (Fsp3) is 0.133. The number of benzene rings is 2. The van der Waals surface area contributed by atoms with Gasteiger partial charge in [0.25, 0.3) is 10.0 Å². The number of aryl methyl sites for hydroxylation is 1. The van der Waals surface area contributed by atoms with E-state index in [9.17, 15) is 8.42 Å². The van der Waals surface area contributed by atoms with Crippen LogP contribution < -0.4 is 9.54 Å². The highest BCUT2D eigenvalue weighted by atomic mass is 35.5. The van der Waals surface area contributed by atoms with E-state index in [2.05, 4.69) is 4.40 Å². The van der Waals surface area contributed by atoms with Crippen LogP contribution >= 0.6 is 22.9 Å². The predicted octanol–water partition coefficient (Wildman–Crippen LogP) is 3.19. The topological polar surface area (TPSA) is 60.7 Å². The molecule has 0 atom stereocenters. The number of methoxy groups -OCH3 is 1. The Hall–Kier alpha value is -1.83. The van der Waals surface area contributed by atoms with Gasteiger partial charge in [-0.05, 0) is 36.4 Å². The molecule has 0 N–H and O–H groups in total. The second-order valence-electron chi connectivity index (χ2n) is 4.77. The van der Waals surface area contributed by atoms with Crippen molar-refractivity contribution in [1.29, 1.82) is 0 Å². The van der Waals surface area contributed by atoms with Crippen molar-refractivity contribution in [2.24, 2.45) is 11.4 Å². The highest BCUT2D eigenvalue weighted by Crippen LogP contribution is 2.25. The minimum absolute atomic E-state index is 0.113. The standard InChI is InChI=1S/C15H13ClN2O3S2/c1-18-14-12(16)4-3-5-13(14)22-15(18)17-23(19,20)11-8-6-10(21-2)7-9-11/h3-9H,1-2H3/b17-15-. The number of ether oxygens (including phenoxy) is 1. The van der Waals surface area contributed by atoms with E-state index in [-0.39, 0.29) is 4.90 Å². The lowest BCUT2D eigenvalue weighted by Crippen LogP contribution is -2.13. The van der Waals surface area contributed by atoms with Gasteiger partial charge < -0.3 is 9.30 Å². The van der Waals surface area contributed by atoms with Gasteiger partial charge in [0.1, 0.15) is 5.75 Å². The van der Waals surface area contributed by atoms with E-state index in [4.69, 9.17) is 16.3 Å². The van der Waals surface area contributed by atoms with E-state index >= 15 is 0 Å². The predicted molar refractivity (Wildman–Crippen MR) is 91.5 cm³/mol. The van der Waals surface area contributed by atoms with E-state index in [1.807, 2.05) is 12.1 Å². The van der Waals surface area contributed by atoms with Crippen molar-refractivity contribution in [2.45, 2.75) is 4.90 Å². The van der Waals surface area contributed by atoms with E-state index in [1.165, 1.54) is 30.6 Å². The monoisotopic (exact) mass is 368 g/mol. The Balaban J connectivity index is 2.16. The Bertz CT molecular complexity index is 1030. The molecule has 0 bridgehead atoms. The lowest BCUT2D eigenvalue weighted by molar-refractivity contribution is 0.414. The Morgan fingerprint density at radius 3 is 2.48 bits per heavy atom. The molecule has 3 aromatic rings. The highest BCUT2D eigenvalue weighted by Gasteiger charge is 2.14. The van der Waals surface area contributed by atoms with Crippen LogP contribution in [0.5, 0.6) is 5.75 Å². The summed E-state index contributed by atoms with van der Waals surface area (Å²) in [6, 6.07) is 11.6. The van der Waals surface area contributed by atoms with Gasteiger partial charge >= 0.3 is 0 Å². The van der Waals surface area contributed by atoms with Crippen LogP contribution in [-0.4, -0.2) is 20.1 Å². The fourth-order valence-corrected chi connectivity index (χ4v) is 4.78. The highest BCUT2D eigenvalue weighted by molar-refractivity contribution is 7.90. The molecule has 5 nitrogen and oxygen atoms in total. The number of hydrogen-bond donors (Lipinski definition) is 0. The number of aromatic nitrogens is 1. The number of halogens is 1. The van der Waals surface area contributed by atoms with Crippen molar-refractivity contribution in [3.8, 4) is 5.75 Å². The summed E-state index contributed by atoms with van der Waals surface area (Å²) in [5, 5.41) is 0.560. The first kappa shape index (κ1) is 16.0. The van der Waals surface area contributed by atoms with Crippen LogP contribution in [0.1, 0.15) is 0 Å². The van der Waals surface area contributed by atoms with Gasteiger partial charge in [-0.3, -0.25) is 0 Å². The molecule has 0 aliphatic carbocycles. The molecular formula is C15H13ClN2O3S2. The number of thiazole rings is 1. The average molecular weight is 369 g/mol. The summed E-state index contributed by atoms with van der Waals surface area (Å²) in [6.45, 7) is 0. The van der Waals surface area contributed by atoms with Gasteiger partial charge in [0, 0.05) is 7.05 Å². The van der Waals surface area contributed by atoms with Gasteiger partial charge in [-0.1, -0.05) is 29.0 Å². The van der Waals surface area contributed by atoms with Crippen LogP contribution in [0.3, 0.4) is 0 Å². The van der Waals surface area contributed by atoms with Gasteiger partial charge in [0.05, 0.1) is 27.2 Å². The maximum Gasteiger partial charge on any atom is 0.285 e. The second-order valence-corrected chi connectivity index (χ2v) is 7.79. The van der Waals surface area contributed by atoms with Crippen molar-refractivity contribution < 1.29 is 13.2 Å². The summed E-state index contributed by atoms with van der Waals surface area (Å²) in [5.41, 5.74) is 0.767. The van der Waals surface area contributed by atoms with Crippen LogP contribution in [0.4, 0.5) is 0 Å². The zero-order valence-corrected chi connectivity index (χ0v) is 14.7. The third kappa shape index (κ3) is 2.99. The second kappa shape index (κ2) is 5.99. The molecular weight excluding hydrogens is 356 g/mol. The summed E-state index contributed by atoms with van der Waals surface area (Å²) in [5.74, 6) is 0.586. The third-order valence-corrected chi connectivity index (χ3v) is 6.13. The Labute approximate surface area is 142 Å². The van der Waals surface area contributed by atoms with Crippen LogP contribution in [-0.2, 0) is 17.1 Å². The number of rotatable bonds is 3. The molecule has 0 radical (unpaired) electrons. The molecule has 0 aliphatic rings. The number of hydrogen-bond acceptors (Lipinski definition) is 4. The van der Waals surface area contributed by atoms with Gasteiger partial charge in [-0.2, -0.15) is 8.42 Å². The Morgan fingerprint density at radius 2 is 1.87 bits per heavy atom. The molecule has 3 rings (SSSR count). The van der Waals surface area contributed by atoms with Crippen LogP contribution in [0.25, 0.3) is 10.2 Å². The maximum atomic E-state index is 12.5. The molecule has 8 heteroatoms. The first-order chi connectivity index (χ1) is 10.9. The van der Waals surface area contributed by atoms with E-state index in [0.29, 0.717) is 15.6 Å². The molecule has 2 aromatic carbocycles. The minimum atomic E-state index is -3.81. The molecule has 1 aromatic heterocycles. The minimum Gasteiger partial charge on any atom is -0.497 e. The largest absolute Gasteiger partial charge is 0.497 e. The molecule has 0 fully saturated rings. The Morgan fingerprint density at radius 1 is 1.17 bits per heavy atom. The van der Waals surface area contributed by atoms with E-state index in [1.54, 1.807) is 29.8 Å². The van der Waals surface area contributed by atoms with E-state index < -0.39 is 10.0 Å². The number of nitrogens with zero attached hydrogens (tertiary/aromatic N) is 2. The van der Waals surface area contributed by atoms with Gasteiger partial charge in [0.15, 0.2) is 0 Å². The molecule has 0 saturated carbocycles. The molecule has 0 spiro atoms. The number of fused-ring (bicyclic) bond motifs is 1. The first-order valence-electron chi connectivity index (χ1n) is 6.61. The molecule has 23 heavy (non-hydrogen) atoms. The lowest BCUT2D eigenvalue weighted by Gasteiger charge is -2.01. The molecule has 0 aliphatic heterocycles. The zero-order valence-electron chi connectivity index (χ0n) is 12.4. The van der Waals surface area contributed by atoms with Crippen LogP contribution in [0, 0.1) is 0 Å². The average Bonchev–Trinajstić information content (AvgIpc) is 2.84. The number of sulfonamides is 1. The molecule has 1 heterocycles. The molecule has 0 unspecified atom stereocenters. The third-order valence-electron chi connectivity index (χ3n) is 3.33. The maximum absolute atomic E-state index is 12.5. The van der Waals surface area contributed by atoms with Crippen LogP contribution in [0.2, 0.25) is 5.02 Å². The van der Waals surface area contributed by atoms with Crippen molar-refractivity contribution in [1.82, 2.24) is 4.57 Å². The lowest BCUT2D eigenvalue weighted by atomic mass is 10.3. The fourth-order valence-electron chi connectivity index (χ4n) is 2.15. The zero-order chi connectivity index (χ0) is 16.6. The molecule has 120 valence electrons. The first-order valence-corrected chi connectivity index (χ1v) is 9.25. The summed E-state index contributed by atoms with van der Waals surface area (Å²) in [4.78, 5) is 0.478. The smallest absolute Gasteiger partial charge is 0.285 e. The molecule has 0 saturated heterocycles. The van der Waals surface area contributed by atoms with Crippen LogP contribution in [0.15, 0.2) is 51.8 Å². The SMILES string of the molecule is COc1ccc(S(=O)(=O)/N=c2\sc3cccc(Cl)c3n2C)cc1. The van der Waals surface area contributed by atoms with Crippen molar-refractivity contribution in [3.05, 3.63) is 52.3 Å². The van der Waals surface area contributed by atoms with Gasteiger partial charge in [-0.25, -0.2) is 0 Å². The summed E-state index contributed by atoms with van der Waals surface area (Å²) >= 11 is 7.45. The van der Waals surface area contributed by atoms with Gasteiger partial charge in [0.2, 0.25) is 4.80 Å². The van der Waals surface area contributed by atoms with Gasteiger partial charge in [-0.15, -0.1) is 4.40 Å². The van der Waals surface area contributed by atoms with Crippen molar-refractivity contribution in [3.63, 3.8) is 0 Å². The quantitative estimate of drug-likeness (QED) is 0.713. The van der Waals surface area contributed by atoms with E-state index in [0.717, 1.165) is 10.2 Å². The summed E-state index contributed by atoms with van der Waals surface area (Å²) in [7, 11) is -0.540. The Kier molecular flexibility index (Phi) is 4.18. The normalized spacial score (nSPS) is 12.7. The van der Waals surface area contributed by atoms with Crippen molar-refractivity contribution >= 4 is 43.2 Å². The van der Waals surface area contributed by atoms with Crippen molar-refractivity contribution in [2.75, 3.05) is 7.11 Å². The summed E-state index contributed by atoms with van der Waals surface area (Å²) < 4.78 is 36.5. The molecule has 0 amide bonds. The summed E-state index contributed by atoms with van der Waals surface area (Å²) in [6.07, 6.45) is 0. The number of para-hydroxylation sites is 1.